The molecular formula is C19H17ClN2O2. The van der Waals surface area contributed by atoms with Crippen LogP contribution in [0.25, 0.3) is 6.08 Å². The van der Waals surface area contributed by atoms with E-state index in [1.54, 1.807) is 24.3 Å². The van der Waals surface area contributed by atoms with Crippen LogP contribution in [0, 0.1) is 18.3 Å². The Morgan fingerprint density at radius 3 is 2.75 bits per heavy atom. The normalized spacial score (nSPS) is 10.8. The van der Waals surface area contributed by atoms with Gasteiger partial charge in [-0.1, -0.05) is 29.8 Å². The van der Waals surface area contributed by atoms with E-state index in [2.05, 4.69) is 5.32 Å². The summed E-state index contributed by atoms with van der Waals surface area (Å²) in [5, 5.41) is 12.4. The average molecular weight is 341 g/mol. The van der Waals surface area contributed by atoms with Crippen molar-refractivity contribution >= 4 is 29.3 Å². The smallest absolute Gasteiger partial charge is 0.266 e. The van der Waals surface area contributed by atoms with Gasteiger partial charge in [-0.2, -0.15) is 5.26 Å². The first-order valence-electron chi connectivity index (χ1n) is 7.45. The van der Waals surface area contributed by atoms with Crippen LogP contribution in [0.15, 0.2) is 48.0 Å². The van der Waals surface area contributed by atoms with Crippen LogP contribution >= 0.6 is 11.6 Å². The number of hydrogen-bond acceptors (Lipinski definition) is 3. The van der Waals surface area contributed by atoms with Crippen molar-refractivity contribution in [3.8, 4) is 11.8 Å². The van der Waals surface area contributed by atoms with Gasteiger partial charge in [-0.3, -0.25) is 4.79 Å². The van der Waals surface area contributed by atoms with Crippen molar-refractivity contribution in [1.82, 2.24) is 0 Å². The minimum absolute atomic E-state index is 0.00303. The van der Waals surface area contributed by atoms with E-state index in [0.717, 1.165) is 5.56 Å². The SMILES string of the molecule is CCOc1ccc(/C=C(/C#N)C(=O)Nc2cccc(C)c2)cc1Cl. The standard InChI is InChI=1S/C19H17ClN2O2/c1-3-24-18-8-7-14(11-17(18)20)10-15(12-21)19(23)22-16-6-4-5-13(2)9-16/h4-11H,3H2,1-2H3,(H,22,23)/b15-10-. The van der Waals surface area contributed by atoms with Crippen molar-refractivity contribution in [2.45, 2.75) is 13.8 Å². The molecule has 0 atom stereocenters. The molecule has 0 saturated carbocycles. The molecule has 1 amide bonds. The van der Waals surface area contributed by atoms with Gasteiger partial charge in [0.25, 0.3) is 5.91 Å². The topological polar surface area (TPSA) is 62.1 Å². The number of rotatable bonds is 5. The van der Waals surface area contributed by atoms with Crippen LogP contribution < -0.4 is 10.1 Å². The van der Waals surface area contributed by atoms with Crippen LogP contribution in [0.2, 0.25) is 5.02 Å². The van der Waals surface area contributed by atoms with Crippen molar-refractivity contribution in [2.24, 2.45) is 0 Å². The van der Waals surface area contributed by atoms with Gasteiger partial charge in [0.05, 0.1) is 11.6 Å². The van der Waals surface area contributed by atoms with Gasteiger partial charge in [0, 0.05) is 5.69 Å². The van der Waals surface area contributed by atoms with Crippen molar-refractivity contribution in [3.63, 3.8) is 0 Å². The second kappa shape index (κ2) is 8.19. The summed E-state index contributed by atoms with van der Waals surface area (Å²) in [5.74, 6) is 0.104. The lowest BCUT2D eigenvalue weighted by Crippen LogP contribution is -2.13. The van der Waals surface area contributed by atoms with Gasteiger partial charge in [-0.15, -0.1) is 0 Å². The summed E-state index contributed by atoms with van der Waals surface area (Å²) >= 11 is 6.12. The van der Waals surface area contributed by atoms with E-state index in [0.29, 0.717) is 28.6 Å². The first kappa shape index (κ1) is 17.6. The Bertz CT molecular complexity index is 822. The number of aryl methyl sites for hydroxylation is 1. The van der Waals surface area contributed by atoms with Gasteiger partial charge in [0.1, 0.15) is 17.4 Å². The molecule has 4 nitrogen and oxygen atoms in total. The van der Waals surface area contributed by atoms with Crippen molar-refractivity contribution in [3.05, 3.63) is 64.2 Å². The highest BCUT2D eigenvalue weighted by Crippen LogP contribution is 2.26. The maximum absolute atomic E-state index is 12.3. The Kier molecular flexibility index (Phi) is 6.00. The fourth-order valence-corrected chi connectivity index (χ4v) is 2.36. The summed E-state index contributed by atoms with van der Waals surface area (Å²) in [6.07, 6.45) is 1.49. The molecule has 0 aliphatic rings. The predicted octanol–water partition coefficient (Wildman–Crippen LogP) is 4.59. The van der Waals surface area contributed by atoms with Crippen LogP contribution in [0.1, 0.15) is 18.1 Å². The molecule has 0 aromatic heterocycles. The number of nitrogens with one attached hydrogen (secondary N) is 1. The van der Waals surface area contributed by atoms with Gasteiger partial charge >= 0.3 is 0 Å². The zero-order valence-corrected chi connectivity index (χ0v) is 14.2. The summed E-state index contributed by atoms with van der Waals surface area (Å²) in [5.41, 5.74) is 2.32. The first-order valence-corrected chi connectivity index (χ1v) is 7.83. The maximum atomic E-state index is 12.3. The number of hydrogen-bond donors (Lipinski definition) is 1. The Morgan fingerprint density at radius 1 is 1.33 bits per heavy atom. The van der Waals surface area contributed by atoms with E-state index < -0.39 is 5.91 Å². The lowest BCUT2D eigenvalue weighted by atomic mass is 10.1. The number of benzene rings is 2. The third-order valence-corrected chi connectivity index (χ3v) is 3.50. The molecule has 0 unspecified atom stereocenters. The van der Waals surface area contributed by atoms with E-state index in [4.69, 9.17) is 16.3 Å². The molecule has 5 heteroatoms. The minimum Gasteiger partial charge on any atom is -0.492 e. The van der Waals surface area contributed by atoms with Crippen molar-refractivity contribution < 1.29 is 9.53 Å². The van der Waals surface area contributed by atoms with Gasteiger partial charge < -0.3 is 10.1 Å². The van der Waals surface area contributed by atoms with Crippen molar-refractivity contribution in [2.75, 3.05) is 11.9 Å². The molecule has 1 N–H and O–H groups in total. The highest BCUT2D eigenvalue weighted by molar-refractivity contribution is 6.32. The zero-order chi connectivity index (χ0) is 17.5. The summed E-state index contributed by atoms with van der Waals surface area (Å²) in [6, 6.07) is 14.4. The Labute approximate surface area is 146 Å². The minimum atomic E-state index is -0.465. The maximum Gasteiger partial charge on any atom is 0.266 e. The highest BCUT2D eigenvalue weighted by Gasteiger charge is 2.10. The van der Waals surface area contributed by atoms with Gasteiger partial charge in [-0.25, -0.2) is 0 Å². The average Bonchev–Trinajstić information content (AvgIpc) is 2.55. The monoisotopic (exact) mass is 340 g/mol. The number of halogens is 1. The molecule has 122 valence electrons. The quantitative estimate of drug-likeness (QED) is 0.639. The molecular weight excluding hydrogens is 324 g/mol. The molecule has 0 aliphatic carbocycles. The summed E-state index contributed by atoms with van der Waals surface area (Å²) < 4.78 is 5.36. The first-order chi connectivity index (χ1) is 11.5. The molecule has 24 heavy (non-hydrogen) atoms. The second-order valence-electron chi connectivity index (χ2n) is 5.12. The Morgan fingerprint density at radius 2 is 2.12 bits per heavy atom. The number of ether oxygens (including phenoxy) is 1. The molecule has 0 aliphatic heterocycles. The molecule has 0 fully saturated rings. The third-order valence-electron chi connectivity index (χ3n) is 3.21. The molecule has 0 spiro atoms. The van der Waals surface area contributed by atoms with Crippen molar-refractivity contribution in [1.29, 1.82) is 5.26 Å². The van der Waals surface area contributed by atoms with Crippen LogP contribution in [0.3, 0.4) is 0 Å². The second-order valence-corrected chi connectivity index (χ2v) is 5.52. The summed E-state index contributed by atoms with van der Waals surface area (Å²) in [6.45, 7) is 4.31. The molecule has 0 bridgehead atoms. The summed E-state index contributed by atoms with van der Waals surface area (Å²) in [4.78, 5) is 12.3. The van der Waals surface area contributed by atoms with Crippen LogP contribution in [0.4, 0.5) is 5.69 Å². The molecule has 2 aromatic carbocycles. The van der Waals surface area contributed by atoms with Gasteiger partial charge in [0.2, 0.25) is 0 Å². The molecule has 2 aromatic rings. The number of carbonyl (C=O) groups excluding carboxylic acids is 1. The lowest BCUT2D eigenvalue weighted by Gasteiger charge is -2.07. The number of amides is 1. The highest BCUT2D eigenvalue weighted by atomic mass is 35.5. The molecule has 2 rings (SSSR count). The predicted molar refractivity (Wildman–Crippen MR) is 96.0 cm³/mol. The third kappa shape index (κ3) is 4.61. The Balaban J connectivity index is 2.21. The van der Waals surface area contributed by atoms with E-state index in [1.807, 2.05) is 38.1 Å². The summed E-state index contributed by atoms with van der Waals surface area (Å²) in [7, 11) is 0. The fourth-order valence-electron chi connectivity index (χ4n) is 2.12. The van der Waals surface area contributed by atoms with E-state index >= 15 is 0 Å². The number of nitriles is 1. The van der Waals surface area contributed by atoms with E-state index in [-0.39, 0.29) is 5.57 Å². The van der Waals surface area contributed by atoms with Crippen LogP contribution in [0.5, 0.6) is 5.75 Å². The van der Waals surface area contributed by atoms with Crippen LogP contribution in [-0.2, 0) is 4.79 Å². The molecule has 0 saturated heterocycles. The van der Waals surface area contributed by atoms with E-state index in [9.17, 15) is 10.1 Å². The largest absolute Gasteiger partial charge is 0.492 e. The zero-order valence-electron chi connectivity index (χ0n) is 13.5. The van der Waals surface area contributed by atoms with Gasteiger partial charge in [-0.05, 0) is 55.3 Å². The van der Waals surface area contributed by atoms with E-state index in [1.165, 1.54) is 6.08 Å². The Hall–Kier alpha value is -2.77. The lowest BCUT2D eigenvalue weighted by molar-refractivity contribution is -0.112. The molecule has 0 radical (unpaired) electrons. The number of anilines is 1. The van der Waals surface area contributed by atoms with Gasteiger partial charge in [0.15, 0.2) is 0 Å². The van der Waals surface area contributed by atoms with Crippen LogP contribution in [-0.4, -0.2) is 12.5 Å². The number of nitrogens with zero attached hydrogens (tertiary/aromatic N) is 1. The fraction of sp³-hybridized carbons (Fsp3) is 0.158. The molecule has 0 heterocycles. The number of carbonyl (C=O) groups is 1.